The first-order valence-electron chi connectivity index (χ1n) is 9.13. The van der Waals surface area contributed by atoms with Crippen LogP contribution >= 0.6 is 0 Å². The number of carboxylic acid groups (broad SMARTS) is 1. The van der Waals surface area contributed by atoms with Crippen molar-refractivity contribution in [3.63, 3.8) is 0 Å². The molecule has 0 aliphatic carbocycles. The zero-order valence-electron chi connectivity index (χ0n) is 15.7. The number of benzene rings is 1. The SMILES string of the molecule is CC(C)OCCCNS(=O)(=O)c1ccc(NC[C@@H]2CCCO2)c(C(=O)O)c1. The minimum absolute atomic E-state index is 0.0461. The van der Waals surface area contributed by atoms with Gasteiger partial charge in [-0.25, -0.2) is 17.9 Å². The van der Waals surface area contributed by atoms with Gasteiger partial charge in [0.1, 0.15) is 0 Å². The van der Waals surface area contributed by atoms with Crippen molar-refractivity contribution in [2.45, 2.75) is 50.2 Å². The summed E-state index contributed by atoms with van der Waals surface area (Å²) < 4.78 is 38.1. The fourth-order valence-electron chi connectivity index (χ4n) is 2.73. The summed E-state index contributed by atoms with van der Waals surface area (Å²) in [6.07, 6.45) is 2.58. The van der Waals surface area contributed by atoms with Crippen LogP contribution in [0.5, 0.6) is 0 Å². The third-order valence-electron chi connectivity index (χ3n) is 4.14. The normalized spacial score (nSPS) is 17.4. The van der Waals surface area contributed by atoms with Crippen LogP contribution < -0.4 is 10.0 Å². The van der Waals surface area contributed by atoms with Crippen molar-refractivity contribution >= 4 is 21.7 Å². The topological polar surface area (TPSA) is 114 Å². The lowest BCUT2D eigenvalue weighted by Gasteiger charge is -2.15. The number of aromatic carboxylic acids is 1. The summed E-state index contributed by atoms with van der Waals surface area (Å²) in [6.45, 7) is 5.69. The summed E-state index contributed by atoms with van der Waals surface area (Å²) in [4.78, 5) is 11.5. The predicted molar refractivity (Wildman–Crippen MR) is 102 cm³/mol. The number of rotatable bonds is 11. The molecule has 0 radical (unpaired) electrons. The van der Waals surface area contributed by atoms with Crippen LogP contribution in [-0.4, -0.2) is 58.0 Å². The third-order valence-corrected chi connectivity index (χ3v) is 5.60. The molecule has 0 amide bonds. The van der Waals surface area contributed by atoms with Gasteiger partial charge in [0.15, 0.2) is 0 Å². The number of anilines is 1. The number of sulfonamides is 1. The van der Waals surface area contributed by atoms with E-state index in [4.69, 9.17) is 9.47 Å². The van der Waals surface area contributed by atoms with Gasteiger partial charge >= 0.3 is 5.97 Å². The average Bonchev–Trinajstić information content (AvgIpc) is 3.12. The standard InChI is InChI=1S/C18H28N2O6S/c1-13(2)25-10-4-8-20-27(23,24)15-6-7-17(16(11-15)18(21)22)19-12-14-5-3-9-26-14/h6-7,11,13-14,19-20H,3-5,8-10,12H2,1-2H3,(H,21,22)/t14-/m0/s1. The Morgan fingerprint density at radius 1 is 1.41 bits per heavy atom. The number of hydrogen-bond acceptors (Lipinski definition) is 6. The maximum absolute atomic E-state index is 12.4. The molecule has 1 heterocycles. The lowest BCUT2D eigenvalue weighted by Crippen LogP contribution is -2.26. The molecule has 1 atom stereocenters. The quantitative estimate of drug-likeness (QED) is 0.487. The smallest absolute Gasteiger partial charge is 0.337 e. The maximum atomic E-state index is 12.4. The lowest BCUT2D eigenvalue weighted by atomic mass is 10.1. The van der Waals surface area contributed by atoms with Gasteiger partial charge in [0.05, 0.1) is 22.7 Å². The predicted octanol–water partition coefficient (Wildman–Crippen LogP) is 2.07. The van der Waals surface area contributed by atoms with Gasteiger partial charge in [0.2, 0.25) is 10.0 Å². The second-order valence-corrected chi connectivity index (χ2v) is 8.47. The Kier molecular flexibility index (Phi) is 8.03. The van der Waals surface area contributed by atoms with Crippen molar-refractivity contribution in [2.24, 2.45) is 0 Å². The van der Waals surface area contributed by atoms with Crippen molar-refractivity contribution in [3.05, 3.63) is 23.8 Å². The molecule has 1 aromatic carbocycles. The highest BCUT2D eigenvalue weighted by atomic mass is 32.2. The van der Waals surface area contributed by atoms with Crippen LogP contribution in [0.15, 0.2) is 23.1 Å². The van der Waals surface area contributed by atoms with E-state index in [2.05, 4.69) is 10.0 Å². The minimum atomic E-state index is -3.79. The molecule has 1 fully saturated rings. The molecule has 0 spiro atoms. The fraction of sp³-hybridized carbons (Fsp3) is 0.611. The molecule has 1 aliphatic rings. The molecule has 2 rings (SSSR count). The average molecular weight is 400 g/mol. The Balaban J connectivity index is 2.01. The van der Waals surface area contributed by atoms with E-state index in [9.17, 15) is 18.3 Å². The molecule has 1 aliphatic heterocycles. The van der Waals surface area contributed by atoms with E-state index in [0.29, 0.717) is 31.9 Å². The minimum Gasteiger partial charge on any atom is -0.478 e. The highest BCUT2D eigenvalue weighted by Crippen LogP contribution is 2.22. The Morgan fingerprint density at radius 3 is 2.81 bits per heavy atom. The van der Waals surface area contributed by atoms with E-state index in [1.165, 1.54) is 18.2 Å². The number of nitrogens with one attached hydrogen (secondary N) is 2. The largest absolute Gasteiger partial charge is 0.478 e. The summed E-state index contributed by atoms with van der Waals surface area (Å²) in [5.74, 6) is -1.19. The Morgan fingerprint density at radius 2 is 2.19 bits per heavy atom. The summed E-state index contributed by atoms with van der Waals surface area (Å²) in [6, 6.07) is 4.05. The van der Waals surface area contributed by atoms with E-state index >= 15 is 0 Å². The van der Waals surface area contributed by atoms with Crippen molar-refractivity contribution < 1.29 is 27.8 Å². The van der Waals surface area contributed by atoms with Gasteiger partial charge in [-0.15, -0.1) is 0 Å². The number of carbonyl (C=O) groups is 1. The Hall–Kier alpha value is -1.68. The summed E-state index contributed by atoms with van der Waals surface area (Å²) in [7, 11) is -3.79. The molecule has 152 valence electrons. The molecule has 3 N–H and O–H groups in total. The molecule has 0 bridgehead atoms. The number of ether oxygens (including phenoxy) is 2. The van der Waals surface area contributed by atoms with E-state index in [1.54, 1.807) is 0 Å². The van der Waals surface area contributed by atoms with Gasteiger partial charge in [-0.05, 0) is 51.3 Å². The Bertz CT molecular complexity index is 729. The van der Waals surface area contributed by atoms with Crippen molar-refractivity contribution in [1.82, 2.24) is 4.72 Å². The molecule has 1 aromatic rings. The van der Waals surface area contributed by atoms with Gasteiger partial charge in [0, 0.05) is 32.0 Å². The van der Waals surface area contributed by atoms with Gasteiger partial charge in [-0.3, -0.25) is 0 Å². The second-order valence-electron chi connectivity index (χ2n) is 6.70. The maximum Gasteiger partial charge on any atom is 0.337 e. The lowest BCUT2D eigenvalue weighted by molar-refractivity contribution is 0.0697. The Labute approximate surface area is 160 Å². The van der Waals surface area contributed by atoms with Crippen LogP contribution in [0.4, 0.5) is 5.69 Å². The highest BCUT2D eigenvalue weighted by Gasteiger charge is 2.20. The van der Waals surface area contributed by atoms with Crippen LogP contribution in [0.25, 0.3) is 0 Å². The van der Waals surface area contributed by atoms with Gasteiger partial charge in [0.25, 0.3) is 0 Å². The van der Waals surface area contributed by atoms with Gasteiger partial charge < -0.3 is 19.9 Å². The molecule has 0 saturated carbocycles. The van der Waals surface area contributed by atoms with E-state index in [-0.39, 0.29) is 29.2 Å². The van der Waals surface area contributed by atoms with E-state index in [0.717, 1.165) is 12.8 Å². The second kappa shape index (κ2) is 10.0. The molecule has 8 nitrogen and oxygen atoms in total. The number of hydrogen-bond donors (Lipinski definition) is 3. The summed E-state index contributed by atoms with van der Waals surface area (Å²) >= 11 is 0. The number of carboxylic acids is 1. The van der Waals surface area contributed by atoms with Crippen LogP contribution in [0, 0.1) is 0 Å². The molecule has 9 heteroatoms. The highest BCUT2D eigenvalue weighted by molar-refractivity contribution is 7.89. The summed E-state index contributed by atoms with van der Waals surface area (Å²) in [5.41, 5.74) is 0.293. The van der Waals surface area contributed by atoms with E-state index < -0.39 is 16.0 Å². The molecule has 1 saturated heterocycles. The van der Waals surface area contributed by atoms with Crippen molar-refractivity contribution in [3.8, 4) is 0 Å². The van der Waals surface area contributed by atoms with Gasteiger partial charge in [-0.2, -0.15) is 0 Å². The molecule has 0 unspecified atom stereocenters. The molecular weight excluding hydrogens is 372 g/mol. The van der Waals surface area contributed by atoms with E-state index in [1.807, 2.05) is 13.8 Å². The molecule has 0 aromatic heterocycles. The zero-order chi connectivity index (χ0) is 19.9. The van der Waals surface area contributed by atoms with Crippen molar-refractivity contribution in [1.29, 1.82) is 0 Å². The van der Waals surface area contributed by atoms with Crippen LogP contribution in [0.2, 0.25) is 0 Å². The third kappa shape index (κ3) is 6.76. The van der Waals surface area contributed by atoms with Crippen LogP contribution in [-0.2, 0) is 19.5 Å². The monoisotopic (exact) mass is 400 g/mol. The molecular formula is C18H28N2O6S. The van der Waals surface area contributed by atoms with Gasteiger partial charge in [-0.1, -0.05) is 0 Å². The first kappa shape index (κ1) is 21.6. The fourth-order valence-corrected chi connectivity index (χ4v) is 3.83. The van der Waals surface area contributed by atoms with Crippen LogP contribution in [0.3, 0.4) is 0 Å². The first-order valence-corrected chi connectivity index (χ1v) is 10.6. The van der Waals surface area contributed by atoms with Crippen LogP contribution in [0.1, 0.15) is 43.5 Å². The first-order chi connectivity index (χ1) is 12.8. The van der Waals surface area contributed by atoms with Crippen molar-refractivity contribution in [2.75, 3.05) is 31.6 Å². The molecule has 27 heavy (non-hydrogen) atoms. The summed E-state index contributed by atoms with van der Waals surface area (Å²) in [5, 5.41) is 12.5. The zero-order valence-corrected chi connectivity index (χ0v) is 16.5.